The molecule has 2 aromatic carbocycles. The zero-order chi connectivity index (χ0) is 17.2. The van der Waals surface area contributed by atoms with Crippen LogP contribution in [-0.4, -0.2) is 26.6 Å². The Hall–Kier alpha value is -2.54. The van der Waals surface area contributed by atoms with Crippen LogP contribution in [0.15, 0.2) is 41.3 Å². The highest BCUT2D eigenvalue weighted by Gasteiger charge is 2.23. The minimum Gasteiger partial charge on any atom is -0.495 e. The van der Waals surface area contributed by atoms with E-state index in [2.05, 4.69) is 4.72 Å². The first kappa shape index (κ1) is 16.8. The number of rotatable bonds is 5. The molecule has 0 aromatic heterocycles. The first-order valence-corrected chi connectivity index (χ1v) is 8.25. The molecule has 0 aliphatic carbocycles. The normalized spacial score (nSPS) is 11.1. The van der Waals surface area contributed by atoms with Crippen molar-refractivity contribution in [2.45, 2.75) is 18.7 Å². The number of anilines is 1. The number of carboxylic acids is 1. The van der Waals surface area contributed by atoms with E-state index in [0.29, 0.717) is 0 Å². The third-order valence-electron chi connectivity index (χ3n) is 3.47. The molecule has 0 spiro atoms. The van der Waals surface area contributed by atoms with Crippen molar-refractivity contribution in [2.75, 3.05) is 11.8 Å². The van der Waals surface area contributed by atoms with Gasteiger partial charge in [-0.3, -0.25) is 4.72 Å². The number of ether oxygens (including phenoxy) is 1. The van der Waals surface area contributed by atoms with Gasteiger partial charge in [0, 0.05) is 0 Å². The number of carbonyl (C=O) groups is 1. The first-order valence-electron chi connectivity index (χ1n) is 6.76. The number of carboxylic acid groups (broad SMARTS) is 1. The second-order valence-corrected chi connectivity index (χ2v) is 6.69. The van der Waals surface area contributed by atoms with Crippen molar-refractivity contribution in [1.82, 2.24) is 0 Å². The molecule has 0 unspecified atom stereocenters. The number of sulfonamides is 1. The van der Waals surface area contributed by atoms with Crippen LogP contribution < -0.4 is 9.46 Å². The molecule has 0 saturated carbocycles. The van der Waals surface area contributed by atoms with Crippen molar-refractivity contribution in [3.05, 3.63) is 53.1 Å². The highest BCUT2D eigenvalue weighted by Crippen LogP contribution is 2.29. The van der Waals surface area contributed by atoms with Crippen LogP contribution in [0.4, 0.5) is 5.69 Å². The van der Waals surface area contributed by atoms with E-state index < -0.39 is 16.0 Å². The van der Waals surface area contributed by atoms with Gasteiger partial charge in [0.15, 0.2) is 0 Å². The Labute approximate surface area is 134 Å². The monoisotopic (exact) mass is 335 g/mol. The summed E-state index contributed by atoms with van der Waals surface area (Å²) in [5.41, 5.74) is 1.56. The zero-order valence-electron chi connectivity index (χ0n) is 13.0. The van der Waals surface area contributed by atoms with Crippen molar-refractivity contribution < 1.29 is 23.1 Å². The number of aryl methyl sites for hydroxylation is 2. The maximum absolute atomic E-state index is 12.6. The molecule has 122 valence electrons. The lowest BCUT2D eigenvalue weighted by Gasteiger charge is -2.14. The molecular formula is C16H17NO5S. The van der Waals surface area contributed by atoms with Gasteiger partial charge in [-0.15, -0.1) is 0 Å². The number of aromatic carboxylic acids is 1. The predicted octanol–water partition coefficient (Wildman–Crippen LogP) is 2.81. The Morgan fingerprint density at radius 2 is 1.74 bits per heavy atom. The number of hydrogen-bond donors (Lipinski definition) is 2. The Kier molecular flexibility index (Phi) is 4.60. The summed E-state index contributed by atoms with van der Waals surface area (Å²) in [6.07, 6.45) is 0. The third kappa shape index (κ3) is 3.45. The fourth-order valence-corrected chi connectivity index (χ4v) is 3.41. The van der Waals surface area contributed by atoms with Crippen LogP contribution in [0.3, 0.4) is 0 Å². The van der Waals surface area contributed by atoms with Gasteiger partial charge >= 0.3 is 5.97 Å². The van der Waals surface area contributed by atoms with Crippen molar-refractivity contribution in [2.24, 2.45) is 0 Å². The SMILES string of the molecule is COc1cc(C)c(C)cc1S(=O)(=O)Nc1ccccc1C(=O)O. The molecule has 23 heavy (non-hydrogen) atoms. The van der Waals surface area contributed by atoms with Gasteiger partial charge in [0.2, 0.25) is 0 Å². The fraction of sp³-hybridized carbons (Fsp3) is 0.188. The summed E-state index contributed by atoms with van der Waals surface area (Å²) in [5, 5.41) is 9.15. The maximum atomic E-state index is 12.6. The molecule has 0 saturated heterocycles. The van der Waals surface area contributed by atoms with E-state index in [1.54, 1.807) is 19.1 Å². The molecule has 0 heterocycles. The van der Waals surface area contributed by atoms with E-state index >= 15 is 0 Å². The molecule has 0 bridgehead atoms. The van der Waals surface area contributed by atoms with Gasteiger partial charge in [0.1, 0.15) is 10.6 Å². The van der Waals surface area contributed by atoms with Gasteiger partial charge in [-0.1, -0.05) is 12.1 Å². The number of benzene rings is 2. The highest BCUT2D eigenvalue weighted by molar-refractivity contribution is 7.92. The standard InChI is InChI=1S/C16H17NO5S/c1-10-8-14(22-3)15(9-11(10)2)23(20,21)17-13-7-5-4-6-12(13)16(18)19/h4-9,17H,1-3H3,(H,18,19). The lowest BCUT2D eigenvalue weighted by atomic mass is 10.1. The molecule has 2 aromatic rings. The van der Waals surface area contributed by atoms with Crippen LogP contribution in [0.1, 0.15) is 21.5 Å². The van der Waals surface area contributed by atoms with E-state index in [9.17, 15) is 13.2 Å². The molecule has 2 rings (SSSR count). The summed E-state index contributed by atoms with van der Waals surface area (Å²) in [6.45, 7) is 3.64. The van der Waals surface area contributed by atoms with Crippen LogP contribution in [0.25, 0.3) is 0 Å². The average Bonchev–Trinajstić information content (AvgIpc) is 2.49. The van der Waals surface area contributed by atoms with E-state index in [4.69, 9.17) is 9.84 Å². The van der Waals surface area contributed by atoms with Crippen LogP contribution in [0.5, 0.6) is 5.75 Å². The van der Waals surface area contributed by atoms with Gasteiger partial charge in [0.25, 0.3) is 10.0 Å². The second kappa shape index (κ2) is 6.29. The van der Waals surface area contributed by atoms with Crippen LogP contribution in [-0.2, 0) is 10.0 Å². The van der Waals surface area contributed by atoms with Crippen LogP contribution >= 0.6 is 0 Å². The molecular weight excluding hydrogens is 318 g/mol. The Morgan fingerprint density at radius 1 is 1.13 bits per heavy atom. The topological polar surface area (TPSA) is 92.7 Å². The van der Waals surface area contributed by atoms with Gasteiger partial charge in [-0.25, -0.2) is 13.2 Å². The van der Waals surface area contributed by atoms with E-state index in [1.165, 1.54) is 31.4 Å². The summed E-state index contributed by atoms with van der Waals surface area (Å²) >= 11 is 0. The van der Waals surface area contributed by atoms with E-state index in [0.717, 1.165) is 11.1 Å². The van der Waals surface area contributed by atoms with Crippen LogP contribution in [0, 0.1) is 13.8 Å². The van der Waals surface area contributed by atoms with Crippen molar-refractivity contribution in [3.63, 3.8) is 0 Å². The van der Waals surface area contributed by atoms with Crippen molar-refractivity contribution >= 4 is 21.7 Å². The number of nitrogens with one attached hydrogen (secondary N) is 1. The molecule has 0 atom stereocenters. The first-order chi connectivity index (χ1) is 10.8. The maximum Gasteiger partial charge on any atom is 0.337 e. The van der Waals surface area contributed by atoms with Gasteiger partial charge in [-0.2, -0.15) is 0 Å². The van der Waals surface area contributed by atoms with Gasteiger partial charge < -0.3 is 9.84 Å². The Bertz CT molecular complexity index is 859. The summed E-state index contributed by atoms with van der Waals surface area (Å²) in [7, 11) is -2.61. The molecule has 0 aliphatic heterocycles. The molecule has 0 amide bonds. The van der Waals surface area contributed by atoms with E-state index in [1.807, 2.05) is 6.92 Å². The molecule has 7 heteroatoms. The summed E-state index contributed by atoms with van der Waals surface area (Å²) < 4.78 is 32.7. The average molecular weight is 335 g/mol. The number of hydrogen-bond acceptors (Lipinski definition) is 4. The smallest absolute Gasteiger partial charge is 0.337 e. The summed E-state index contributed by atoms with van der Waals surface area (Å²) in [4.78, 5) is 11.2. The molecule has 0 fully saturated rings. The summed E-state index contributed by atoms with van der Waals surface area (Å²) in [6, 6.07) is 8.94. The molecule has 0 radical (unpaired) electrons. The van der Waals surface area contributed by atoms with Crippen LogP contribution in [0.2, 0.25) is 0 Å². The van der Waals surface area contributed by atoms with E-state index in [-0.39, 0.29) is 21.9 Å². The quantitative estimate of drug-likeness (QED) is 0.876. The largest absolute Gasteiger partial charge is 0.495 e. The minimum absolute atomic E-state index is 0.000260. The van der Waals surface area contributed by atoms with Crippen molar-refractivity contribution in [3.8, 4) is 5.75 Å². The number of methoxy groups -OCH3 is 1. The zero-order valence-corrected chi connectivity index (χ0v) is 13.8. The fourth-order valence-electron chi connectivity index (χ4n) is 2.09. The Balaban J connectivity index is 2.53. The third-order valence-corrected chi connectivity index (χ3v) is 4.86. The van der Waals surface area contributed by atoms with Gasteiger partial charge in [0.05, 0.1) is 18.4 Å². The Morgan fingerprint density at radius 3 is 2.35 bits per heavy atom. The second-order valence-electron chi connectivity index (χ2n) is 5.04. The highest BCUT2D eigenvalue weighted by atomic mass is 32.2. The van der Waals surface area contributed by atoms with Crippen molar-refractivity contribution in [1.29, 1.82) is 0 Å². The van der Waals surface area contributed by atoms with Gasteiger partial charge in [-0.05, 0) is 49.2 Å². The predicted molar refractivity (Wildman–Crippen MR) is 86.7 cm³/mol. The summed E-state index contributed by atoms with van der Waals surface area (Å²) in [5.74, 6) is -1.01. The number of para-hydroxylation sites is 1. The molecule has 6 nitrogen and oxygen atoms in total. The molecule has 0 aliphatic rings. The molecule has 2 N–H and O–H groups in total. The minimum atomic E-state index is -3.99. The lowest BCUT2D eigenvalue weighted by molar-refractivity contribution is 0.0698. The lowest BCUT2D eigenvalue weighted by Crippen LogP contribution is -2.16.